The Hall–Kier alpha value is -2.13. The fraction of sp³-hybridized carbons (Fsp3) is 0.278. The van der Waals surface area contributed by atoms with E-state index in [0.29, 0.717) is 19.6 Å². The number of nitrogens with one attached hydrogen (secondary N) is 1. The minimum atomic E-state index is 0.0727. The highest BCUT2D eigenvalue weighted by atomic mass is 16.5. The topological polar surface area (TPSA) is 38.3 Å². The highest BCUT2D eigenvalue weighted by molar-refractivity contribution is 5.84. The molecule has 1 aliphatic rings. The summed E-state index contributed by atoms with van der Waals surface area (Å²) in [6.07, 6.45) is 0.484. The van der Waals surface area contributed by atoms with Crippen LogP contribution in [0, 0.1) is 0 Å². The van der Waals surface area contributed by atoms with Gasteiger partial charge in [0.1, 0.15) is 0 Å². The second kappa shape index (κ2) is 6.10. The molecule has 0 atom stereocenters. The van der Waals surface area contributed by atoms with Crippen molar-refractivity contribution >= 4 is 5.91 Å². The lowest BCUT2D eigenvalue weighted by Gasteiger charge is -2.13. The molecule has 2 aromatic rings. The molecule has 3 rings (SSSR count). The van der Waals surface area contributed by atoms with E-state index in [0.717, 1.165) is 0 Å². The van der Waals surface area contributed by atoms with Crippen LogP contribution in [0.2, 0.25) is 0 Å². The van der Waals surface area contributed by atoms with Gasteiger partial charge in [0.05, 0.1) is 6.61 Å². The maximum Gasteiger partial charge on any atom is 0.221 e. The Morgan fingerprint density at radius 3 is 2.19 bits per heavy atom. The van der Waals surface area contributed by atoms with Crippen LogP contribution in [0.5, 0.6) is 0 Å². The van der Waals surface area contributed by atoms with Crippen LogP contribution >= 0.6 is 0 Å². The average Bonchev–Trinajstić information content (AvgIpc) is 2.83. The molecule has 0 aromatic heterocycles. The van der Waals surface area contributed by atoms with Crippen molar-refractivity contribution in [2.24, 2.45) is 0 Å². The molecule has 2 aromatic carbocycles. The lowest BCUT2D eigenvalue weighted by atomic mass is 9.93. The van der Waals surface area contributed by atoms with E-state index in [1.807, 2.05) is 12.1 Å². The standard InChI is InChI=1S/C18H19NO2/c1-21-11-10-19-18(20)12-17-15-8-4-2-6-13(15)14-7-3-5-9-16(14)17/h2-9,17H,10-12H2,1H3,(H,19,20). The second-order valence-electron chi connectivity index (χ2n) is 5.27. The van der Waals surface area contributed by atoms with E-state index in [1.165, 1.54) is 22.3 Å². The first-order valence-corrected chi connectivity index (χ1v) is 7.25. The zero-order valence-electron chi connectivity index (χ0n) is 12.1. The summed E-state index contributed by atoms with van der Waals surface area (Å²) in [6, 6.07) is 16.7. The quantitative estimate of drug-likeness (QED) is 0.856. The van der Waals surface area contributed by atoms with E-state index in [-0.39, 0.29) is 11.8 Å². The van der Waals surface area contributed by atoms with Gasteiger partial charge >= 0.3 is 0 Å². The fourth-order valence-electron chi connectivity index (χ4n) is 3.03. The van der Waals surface area contributed by atoms with Crippen LogP contribution in [0.1, 0.15) is 23.5 Å². The lowest BCUT2D eigenvalue weighted by Crippen LogP contribution is -2.28. The highest BCUT2D eigenvalue weighted by Gasteiger charge is 2.29. The van der Waals surface area contributed by atoms with Crippen molar-refractivity contribution in [3.05, 3.63) is 59.7 Å². The predicted molar refractivity (Wildman–Crippen MR) is 83.2 cm³/mol. The number of methoxy groups -OCH3 is 1. The first kappa shape index (κ1) is 13.8. The SMILES string of the molecule is COCCNC(=O)CC1c2ccccc2-c2ccccc21. The van der Waals surface area contributed by atoms with Gasteiger partial charge < -0.3 is 10.1 Å². The first-order chi connectivity index (χ1) is 10.3. The molecule has 1 amide bonds. The van der Waals surface area contributed by atoms with Gasteiger partial charge in [0, 0.05) is 26.0 Å². The molecule has 0 spiro atoms. The van der Waals surface area contributed by atoms with Crippen molar-refractivity contribution in [2.45, 2.75) is 12.3 Å². The van der Waals surface area contributed by atoms with E-state index in [2.05, 4.69) is 41.7 Å². The third-order valence-corrected chi connectivity index (χ3v) is 3.98. The Labute approximate surface area is 124 Å². The average molecular weight is 281 g/mol. The zero-order chi connectivity index (χ0) is 14.7. The van der Waals surface area contributed by atoms with Crippen molar-refractivity contribution in [1.82, 2.24) is 5.32 Å². The molecule has 1 aliphatic carbocycles. The van der Waals surface area contributed by atoms with E-state index in [9.17, 15) is 4.79 Å². The van der Waals surface area contributed by atoms with E-state index >= 15 is 0 Å². The van der Waals surface area contributed by atoms with Gasteiger partial charge in [-0.1, -0.05) is 48.5 Å². The lowest BCUT2D eigenvalue weighted by molar-refractivity contribution is -0.121. The molecule has 108 valence electrons. The number of carbonyl (C=O) groups is 1. The van der Waals surface area contributed by atoms with Gasteiger partial charge in [0.2, 0.25) is 5.91 Å². The summed E-state index contributed by atoms with van der Waals surface area (Å²) in [5.74, 6) is 0.225. The van der Waals surface area contributed by atoms with Gasteiger partial charge in [-0.05, 0) is 22.3 Å². The summed E-state index contributed by atoms with van der Waals surface area (Å²) >= 11 is 0. The van der Waals surface area contributed by atoms with E-state index in [4.69, 9.17) is 4.74 Å². The van der Waals surface area contributed by atoms with Gasteiger partial charge in [-0.25, -0.2) is 0 Å². The minimum absolute atomic E-state index is 0.0727. The highest BCUT2D eigenvalue weighted by Crippen LogP contribution is 2.45. The van der Waals surface area contributed by atoms with Crippen LogP contribution in [0.25, 0.3) is 11.1 Å². The van der Waals surface area contributed by atoms with Crippen LogP contribution in [-0.4, -0.2) is 26.2 Å². The Bertz CT molecular complexity index is 606. The van der Waals surface area contributed by atoms with Crippen LogP contribution in [0.4, 0.5) is 0 Å². The van der Waals surface area contributed by atoms with Gasteiger partial charge in [-0.2, -0.15) is 0 Å². The summed E-state index contributed by atoms with van der Waals surface area (Å²) in [7, 11) is 1.63. The van der Waals surface area contributed by atoms with E-state index in [1.54, 1.807) is 7.11 Å². The molecule has 0 aliphatic heterocycles. The molecule has 3 heteroatoms. The van der Waals surface area contributed by atoms with Crippen LogP contribution in [0.15, 0.2) is 48.5 Å². The number of benzene rings is 2. The van der Waals surface area contributed by atoms with Crippen molar-refractivity contribution in [2.75, 3.05) is 20.3 Å². The fourth-order valence-corrected chi connectivity index (χ4v) is 3.03. The monoisotopic (exact) mass is 281 g/mol. The van der Waals surface area contributed by atoms with Gasteiger partial charge in [-0.15, -0.1) is 0 Å². The zero-order valence-corrected chi connectivity index (χ0v) is 12.1. The largest absolute Gasteiger partial charge is 0.383 e. The molecule has 0 fully saturated rings. The number of fused-ring (bicyclic) bond motifs is 3. The number of hydrogen-bond donors (Lipinski definition) is 1. The van der Waals surface area contributed by atoms with Crippen molar-refractivity contribution in [3.8, 4) is 11.1 Å². The van der Waals surface area contributed by atoms with Crippen molar-refractivity contribution < 1.29 is 9.53 Å². The second-order valence-corrected chi connectivity index (χ2v) is 5.27. The third-order valence-electron chi connectivity index (χ3n) is 3.98. The van der Waals surface area contributed by atoms with Crippen LogP contribution in [0.3, 0.4) is 0 Å². The smallest absolute Gasteiger partial charge is 0.221 e. The third kappa shape index (κ3) is 2.69. The van der Waals surface area contributed by atoms with Crippen molar-refractivity contribution in [3.63, 3.8) is 0 Å². The summed E-state index contributed by atoms with van der Waals surface area (Å²) in [5, 5.41) is 2.91. The molecule has 0 saturated heterocycles. The number of amides is 1. The Morgan fingerprint density at radius 1 is 1.05 bits per heavy atom. The first-order valence-electron chi connectivity index (χ1n) is 7.25. The molecule has 0 unspecified atom stereocenters. The van der Waals surface area contributed by atoms with E-state index < -0.39 is 0 Å². The summed E-state index contributed by atoms with van der Waals surface area (Å²) in [5.41, 5.74) is 5.01. The molecule has 0 heterocycles. The summed E-state index contributed by atoms with van der Waals surface area (Å²) in [4.78, 5) is 12.1. The Kier molecular flexibility index (Phi) is 4.02. The Morgan fingerprint density at radius 2 is 1.62 bits per heavy atom. The molecular weight excluding hydrogens is 262 g/mol. The normalized spacial score (nSPS) is 12.8. The molecular formula is C18H19NO2. The molecule has 0 bridgehead atoms. The maximum absolute atomic E-state index is 12.1. The molecule has 0 saturated carbocycles. The summed E-state index contributed by atoms with van der Waals surface area (Å²) < 4.78 is 4.96. The summed E-state index contributed by atoms with van der Waals surface area (Å²) in [6.45, 7) is 1.11. The number of carbonyl (C=O) groups excluding carboxylic acids is 1. The van der Waals surface area contributed by atoms with Gasteiger partial charge in [-0.3, -0.25) is 4.79 Å². The van der Waals surface area contributed by atoms with Crippen molar-refractivity contribution in [1.29, 1.82) is 0 Å². The molecule has 1 N–H and O–H groups in total. The number of ether oxygens (including phenoxy) is 1. The number of rotatable bonds is 5. The van der Waals surface area contributed by atoms with Crippen LogP contribution < -0.4 is 5.32 Å². The maximum atomic E-state index is 12.1. The molecule has 21 heavy (non-hydrogen) atoms. The molecule has 0 radical (unpaired) electrons. The Balaban J connectivity index is 1.84. The number of hydrogen-bond acceptors (Lipinski definition) is 2. The van der Waals surface area contributed by atoms with Gasteiger partial charge in [0.15, 0.2) is 0 Å². The molecule has 3 nitrogen and oxygen atoms in total. The van der Waals surface area contributed by atoms with Gasteiger partial charge in [0.25, 0.3) is 0 Å². The predicted octanol–water partition coefficient (Wildman–Crippen LogP) is 2.95. The minimum Gasteiger partial charge on any atom is -0.383 e. The van der Waals surface area contributed by atoms with Crippen LogP contribution in [-0.2, 0) is 9.53 Å².